The Morgan fingerprint density at radius 1 is 0.344 bits per heavy atom. The molecule has 0 spiro atoms. The third kappa shape index (κ3) is 5.50. The van der Waals surface area contributed by atoms with Gasteiger partial charge in [0.1, 0.15) is 11.2 Å². The van der Waals surface area contributed by atoms with Gasteiger partial charge in [-0.05, 0) is 97.9 Å². The molecule has 61 heavy (non-hydrogen) atoms. The van der Waals surface area contributed by atoms with Gasteiger partial charge in [-0.1, -0.05) is 194 Å². The van der Waals surface area contributed by atoms with Gasteiger partial charge in [-0.2, -0.15) is 0 Å². The monoisotopic (exact) mass is 777 g/mol. The molecule has 0 saturated carbocycles. The first-order chi connectivity index (χ1) is 30.3. The summed E-state index contributed by atoms with van der Waals surface area (Å²) in [5, 5.41) is 4.67. The molecule has 1 aliphatic carbocycles. The fourth-order valence-corrected chi connectivity index (χ4v) is 10.0. The minimum absolute atomic E-state index is 0.447. The fourth-order valence-electron chi connectivity index (χ4n) is 10.0. The van der Waals surface area contributed by atoms with Gasteiger partial charge in [0.2, 0.25) is 0 Å². The van der Waals surface area contributed by atoms with Crippen LogP contribution in [0, 0.1) is 0 Å². The van der Waals surface area contributed by atoms with Gasteiger partial charge in [0.15, 0.2) is 0 Å². The second-order valence-corrected chi connectivity index (χ2v) is 16.0. The summed E-state index contributed by atoms with van der Waals surface area (Å²) in [7, 11) is 0. The van der Waals surface area contributed by atoms with Crippen LogP contribution in [0.25, 0.3) is 66.1 Å². The number of anilines is 3. The van der Waals surface area contributed by atoms with Crippen molar-refractivity contribution in [3.63, 3.8) is 0 Å². The minimum Gasteiger partial charge on any atom is -0.455 e. The molecule has 10 aromatic carbocycles. The van der Waals surface area contributed by atoms with Crippen molar-refractivity contribution in [2.75, 3.05) is 4.90 Å². The highest BCUT2D eigenvalue weighted by Gasteiger charge is 2.46. The molecule has 0 atom stereocenters. The van der Waals surface area contributed by atoms with Crippen molar-refractivity contribution in [3.8, 4) is 33.4 Å². The molecular weight excluding hydrogens is 739 g/mol. The third-order valence-electron chi connectivity index (χ3n) is 12.8. The highest BCUT2D eigenvalue weighted by atomic mass is 16.3. The molecule has 0 radical (unpaired) electrons. The van der Waals surface area contributed by atoms with Crippen LogP contribution in [-0.4, -0.2) is 0 Å². The fraction of sp³-hybridized carbons (Fsp3) is 0.0169. The van der Waals surface area contributed by atoms with Crippen LogP contribution in [0.1, 0.15) is 22.3 Å². The van der Waals surface area contributed by atoms with E-state index in [-0.39, 0.29) is 0 Å². The van der Waals surface area contributed by atoms with Gasteiger partial charge in [-0.3, -0.25) is 0 Å². The van der Waals surface area contributed by atoms with Gasteiger partial charge >= 0.3 is 0 Å². The predicted molar refractivity (Wildman–Crippen MR) is 254 cm³/mol. The van der Waals surface area contributed by atoms with Crippen LogP contribution in [0.5, 0.6) is 0 Å². The Morgan fingerprint density at radius 2 is 0.885 bits per heavy atom. The SMILES string of the molecule is c1ccc(C2(c3ccccc3)c3ccccc3-c3ccc(-c4ccc(N(c5ccc(-c6cccc7c6oc6ccccc67)cc5)c5cccc6ccccc56)cc4)cc32)cc1. The van der Waals surface area contributed by atoms with E-state index in [1.54, 1.807) is 0 Å². The molecule has 1 aliphatic rings. The molecule has 0 amide bonds. The summed E-state index contributed by atoms with van der Waals surface area (Å²) >= 11 is 0. The Hall–Kier alpha value is -7.94. The molecule has 0 aliphatic heterocycles. The van der Waals surface area contributed by atoms with Crippen molar-refractivity contribution in [2.24, 2.45) is 0 Å². The summed E-state index contributed by atoms with van der Waals surface area (Å²) in [6, 6.07) is 86.0. The molecule has 1 aromatic heterocycles. The Bertz CT molecular complexity index is 3360. The topological polar surface area (TPSA) is 16.4 Å². The van der Waals surface area contributed by atoms with Crippen molar-refractivity contribution in [1.29, 1.82) is 0 Å². The van der Waals surface area contributed by atoms with Crippen LogP contribution in [0.2, 0.25) is 0 Å². The van der Waals surface area contributed by atoms with Gasteiger partial charge in [-0.25, -0.2) is 0 Å². The lowest BCUT2D eigenvalue weighted by atomic mass is 9.67. The standard InChI is InChI=1S/C59H39NO/c1-3-17-44(18-4-1)59(45-19-5-2-6-20-45)54-26-11-9-22-50(54)51-38-33-43(39-55(51)59)40-29-34-46(35-30-40)60(56-27-13-16-41-15-7-8-21-48(41)56)47-36-31-42(32-37-47)49-24-14-25-53-52-23-10-12-28-57(52)61-58(49)53/h1-39H. The van der Waals surface area contributed by atoms with Crippen molar-refractivity contribution in [1.82, 2.24) is 0 Å². The Morgan fingerprint density at radius 3 is 1.64 bits per heavy atom. The van der Waals surface area contributed by atoms with E-state index in [2.05, 4.69) is 229 Å². The van der Waals surface area contributed by atoms with E-state index < -0.39 is 5.41 Å². The van der Waals surface area contributed by atoms with Crippen LogP contribution in [0.3, 0.4) is 0 Å². The van der Waals surface area contributed by atoms with Gasteiger partial charge in [-0.15, -0.1) is 0 Å². The lowest BCUT2D eigenvalue weighted by Gasteiger charge is -2.34. The van der Waals surface area contributed by atoms with Gasteiger partial charge in [0, 0.05) is 33.1 Å². The molecule has 0 N–H and O–H groups in total. The first-order valence-electron chi connectivity index (χ1n) is 21.0. The third-order valence-corrected chi connectivity index (χ3v) is 12.8. The molecule has 12 rings (SSSR count). The Balaban J connectivity index is 0.974. The number of nitrogens with zero attached hydrogens (tertiary/aromatic N) is 1. The minimum atomic E-state index is -0.447. The molecule has 0 unspecified atom stereocenters. The second kappa shape index (κ2) is 14.1. The summed E-state index contributed by atoms with van der Waals surface area (Å²) in [6.45, 7) is 0. The van der Waals surface area contributed by atoms with E-state index in [1.807, 2.05) is 12.1 Å². The number of furan rings is 1. The maximum absolute atomic E-state index is 6.44. The van der Waals surface area contributed by atoms with Crippen LogP contribution < -0.4 is 4.90 Å². The van der Waals surface area contributed by atoms with Crippen molar-refractivity contribution >= 4 is 49.8 Å². The molecule has 11 aromatic rings. The maximum atomic E-state index is 6.44. The van der Waals surface area contributed by atoms with Gasteiger partial charge in [0.05, 0.1) is 11.1 Å². The van der Waals surface area contributed by atoms with E-state index in [4.69, 9.17) is 4.42 Å². The van der Waals surface area contributed by atoms with Crippen LogP contribution in [0.4, 0.5) is 17.1 Å². The lowest BCUT2D eigenvalue weighted by molar-refractivity contribution is 0.670. The van der Waals surface area contributed by atoms with E-state index in [0.717, 1.165) is 50.1 Å². The van der Waals surface area contributed by atoms with Crippen molar-refractivity contribution in [3.05, 3.63) is 259 Å². The quantitative estimate of drug-likeness (QED) is 0.160. The predicted octanol–water partition coefficient (Wildman–Crippen LogP) is 15.9. The van der Waals surface area contributed by atoms with Crippen LogP contribution >= 0.6 is 0 Å². The smallest absolute Gasteiger partial charge is 0.143 e. The van der Waals surface area contributed by atoms with Gasteiger partial charge < -0.3 is 9.32 Å². The van der Waals surface area contributed by atoms with E-state index >= 15 is 0 Å². The van der Waals surface area contributed by atoms with Crippen molar-refractivity contribution < 1.29 is 4.42 Å². The second-order valence-electron chi connectivity index (χ2n) is 16.0. The lowest BCUT2D eigenvalue weighted by Crippen LogP contribution is -2.28. The molecular formula is C59H39NO. The Kier molecular flexibility index (Phi) is 8.11. The summed E-state index contributed by atoms with van der Waals surface area (Å²) in [5.74, 6) is 0. The largest absolute Gasteiger partial charge is 0.455 e. The summed E-state index contributed by atoms with van der Waals surface area (Å²) < 4.78 is 6.44. The number of hydrogen-bond donors (Lipinski definition) is 0. The van der Waals surface area contributed by atoms with Crippen LogP contribution in [-0.2, 0) is 5.41 Å². The average Bonchev–Trinajstić information content (AvgIpc) is 3.87. The molecule has 0 fully saturated rings. The first-order valence-corrected chi connectivity index (χ1v) is 21.0. The van der Waals surface area contributed by atoms with Crippen LogP contribution in [0.15, 0.2) is 241 Å². The van der Waals surface area contributed by atoms with Gasteiger partial charge in [0.25, 0.3) is 0 Å². The zero-order chi connectivity index (χ0) is 40.3. The summed E-state index contributed by atoms with van der Waals surface area (Å²) in [4.78, 5) is 2.38. The zero-order valence-electron chi connectivity index (χ0n) is 33.4. The summed E-state index contributed by atoms with van der Waals surface area (Å²) in [6.07, 6.45) is 0. The molecule has 1 heterocycles. The number of rotatable bonds is 7. The number of hydrogen-bond acceptors (Lipinski definition) is 2. The molecule has 0 bridgehead atoms. The number of benzene rings is 10. The normalized spacial score (nSPS) is 12.7. The molecule has 2 nitrogen and oxygen atoms in total. The number of para-hydroxylation sites is 2. The molecule has 286 valence electrons. The molecule has 0 saturated heterocycles. The summed E-state index contributed by atoms with van der Waals surface area (Å²) in [5.41, 5.74) is 17.0. The van der Waals surface area contributed by atoms with E-state index in [0.29, 0.717) is 0 Å². The molecule has 2 heteroatoms. The highest BCUT2D eigenvalue weighted by Crippen LogP contribution is 2.56. The first kappa shape index (κ1) is 35.0. The highest BCUT2D eigenvalue weighted by molar-refractivity contribution is 6.09. The Labute approximate surface area is 355 Å². The number of fused-ring (bicyclic) bond motifs is 7. The van der Waals surface area contributed by atoms with Crippen molar-refractivity contribution in [2.45, 2.75) is 5.41 Å². The maximum Gasteiger partial charge on any atom is 0.143 e. The van der Waals surface area contributed by atoms with E-state index in [9.17, 15) is 0 Å². The average molecular weight is 778 g/mol. The van der Waals surface area contributed by atoms with E-state index in [1.165, 1.54) is 55.3 Å². The zero-order valence-corrected chi connectivity index (χ0v) is 33.4.